The molecule has 3 N–H and O–H groups in total. The van der Waals surface area contributed by atoms with Gasteiger partial charge in [0.05, 0.1) is 12.1 Å². The predicted molar refractivity (Wildman–Crippen MR) is 84.8 cm³/mol. The first-order valence-corrected chi connectivity index (χ1v) is 6.92. The number of rotatable bonds is 3. The van der Waals surface area contributed by atoms with E-state index in [0.717, 1.165) is 0 Å². The van der Waals surface area contributed by atoms with E-state index in [1.807, 2.05) is 0 Å². The molecule has 0 fully saturated rings. The van der Waals surface area contributed by atoms with Crippen LogP contribution in [-0.4, -0.2) is 16.0 Å². The third kappa shape index (κ3) is 2.72. The highest BCUT2D eigenvalue weighted by atomic mass is 19.1. The third-order valence-electron chi connectivity index (χ3n) is 3.51. The topological polar surface area (TPSA) is 82.2 Å². The van der Waals surface area contributed by atoms with Gasteiger partial charge in [-0.2, -0.15) is 0 Å². The number of nitrogens with one attached hydrogen (secondary N) is 2. The highest BCUT2D eigenvalue weighted by Gasteiger charge is 2.20. The van der Waals surface area contributed by atoms with Gasteiger partial charge in [0.25, 0.3) is 11.5 Å². The second kappa shape index (κ2) is 6.02. The first-order valence-electron chi connectivity index (χ1n) is 6.92. The van der Waals surface area contributed by atoms with E-state index >= 15 is 0 Å². The molecule has 1 aromatic heterocycles. The van der Waals surface area contributed by atoms with Crippen LogP contribution in [0.1, 0.15) is 15.9 Å². The molecule has 0 aliphatic heterocycles. The zero-order valence-electron chi connectivity index (χ0n) is 12.0. The van der Waals surface area contributed by atoms with E-state index in [-0.39, 0.29) is 22.0 Å². The maximum absolute atomic E-state index is 14.1. The molecule has 0 aliphatic rings. The summed E-state index contributed by atoms with van der Waals surface area (Å²) in [6.07, 6.45) is 0. The Morgan fingerprint density at radius 3 is 2.57 bits per heavy atom. The molecule has 2 aromatic carbocycles. The van der Waals surface area contributed by atoms with Gasteiger partial charge in [0.1, 0.15) is 11.4 Å². The number of benzene rings is 2. The van der Waals surface area contributed by atoms with Gasteiger partial charge >= 0.3 is 0 Å². The quantitative estimate of drug-likeness (QED) is 0.694. The van der Waals surface area contributed by atoms with Gasteiger partial charge in [-0.1, -0.05) is 24.3 Å². The molecule has 3 rings (SSSR count). The smallest absolute Gasteiger partial charge is 0.261 e. The van der Waals surface area contributed by atoms with E-state index in [1.165, 1.54) is 18.2 Å². The average Bonchev–Trinajstić information content (AvgIpc) is 2.54. The van der Waals surface area contributed by atoms with Crippen molar-refractivity contribution in [2.75, 3.05) is 5.32 Å². The fourth-order valence-electron chi connectivity index (χ4n) is 2.50. The summed E-state index contributed by atoms with van der Waals surface area (Å²) in [5.41, 5.74) is -0.283. The van der Waals surface area contributed by atoms with E-state index < -0.39 is 23.9 Å². The highest BCUT2D eigenvalue weighted by Crippen LogP contribution is 2.22. The molecular formula is C17H13FN2O3. The van der Waals surface area contributed by atoms with Crippen LogP contribution >= 0.6 is 0 Å². The number of aliphatic hydroxyl groups is 1. The molecule has 3 aromatic rings. The van der Waals surface area contributed by atoms with Gasteiger partial charge in [0.2, 0.25) is 0 Å². The molecule has 0 saturated heterocycles. The number of hydrogen-bond donors (Lipinski definition) is 3. The summed E-state index contributed by atoms with van der Waals surface area (Å²) < 4.78 is 14.1. The largest absolute Gasteiger partial charge is 0.392 e. The van der Waals surface area contributed by atoms with Crippen LogP contribution in [0.5, 0.6) is 0 Å². The number of aromatic nitrogens is 1. The van der Waals surface area contributed by atoms with Crippen LogP contribution in [0.4, 0.5) is 10.1 Å². The zero-order chi connectivity index (χ0) is 16.4. The Kier molecular flexibility index (Phi) is 3.91. The van der Waals surface area contributed by atoms with Crippen molar-refractivity contribution in [1.29, 1.82) is 0 Å². The number of H-pyrrole nitrogens is 1. The number of hydrogen-bond acceptors (Lipinski definition) is 3. The Morgan fingerprint density at radius 2 is 1.87 bits per heavy atom. The van der Waals surface area contributed by atoms with Crippen molar-refractivity contribution in [2.45, 2.75) is 6.61 Å². The molecule has 0 aliphatic carbocycles. The van der Waals surface area contributed by atoms with Gasteiger partial charge in [-0.05, 0) is 24.3 Å². The Bertz CT molecular complexity index is 936. The van der Waals surface area contributed by atoms with Crippen LogP contribution < -0.4 is 10.9 Å². The van der Waals surface area contributed by atoms with Gasteiger partial charge < -0.3 is 15.4 Å². The van der Waals surface area contributed by atoms with E-state index in [2.05, 4.69) is 10.3 Å². The van der Waals surface area contributed by atoms with E-state index in [1.54, 1.807) is 30.3 Å². The van der Waals surface area contributed by atoms with Gasteiger partial charge in [0, 0.05) is 16.6 Å². The molecule has 0 radical (unpaired) electrons. The number of anilines is 1. The number of fused-ring (bicyclic) bond motifs is 1. The normalized spacial score (nSPS) is 10.7. The monoisotopic (exact) mass is 312 g/mol. The fourth-order valence-corrected chi connectivity index (χ4v) is 2.50. The number of aromatic amines is 1. The minimum absolute atomic E-state index is 0.0321. The number of carbonyl (C=O) groups is 1. The summed E-state index contributed by atoms with van der Waals surface area (Å²) in [5, 5.41) is 12.2. The van der Waals surface area contributed by atoms with E-state index in [9.17, 15) is 19.1 Å². The first kappa shape index (κ1) is 14.9. The molecule has 116 valence electrons. The van der Waals surface area contributed by atoms with Crippen molar-refractivity contribution in [3.63, 3.8) is 0 Å². The average molecular weight is 312 g/mol. The second-order valence-electron chi connectivity index (χ2n) is 4.95. The Balaban J connectivity index is 2.17. The fraction of sp³-hybridized carbons (Fsp3) is 0.0588. The number of para-hydroxylation sites is 1. The molecule has 0 saturated carbocycles. The lowest BCUT2D eigenvalue weighted by atomic mass is 10.0. The second-order valence-corrected chi connectivity index (χ2v) is 4.95. The van der Waals surface area contributed by atoms with Crippen LogP contribution in [0.3, 0.4) is 0 Å². The van der Waals surface area contributed by atoms with Crippen molar-refractivity contribution in [2.24, 2.45) is 0 Å². The molecule has 0 spiro atoms. The van der Waals surface area contributed by atoms with Crippen LogP contribution in [0.15, 0.2) is 53.3 Å². The van der Waals surface area contributed by atoms with Gasteiger partial charge in [-0.25, -0.2) is 4.39 Å². The number of pyridine rings is 1. The molecule has 23 heavy (non-hydrogen) atoms. The van der Waals surface area contributed by atoms with E-state index in [0.29, 0.717) is 5.69 Å². The molecular weight excluding hydrogens is 299 g/mol. The standard InChI is InChI=1S/C17H13FN2O3/c18-12-7-4-8-13-14(12)11(9-21)15(17(23)20-13)16(22)19-10-5-2-1-3-6-10/h1-8,21H,9H2,(H,19,22)(H,20,23). The van der Waals surface area contributed by atoms with Gasteiger partial charge in [-0.15, -0.1) is 0 Å². The van der Waals surface area contributed by atoms with Crippen molar-refractivity contribution < 1.29 is 14.3 Å². The maximum Gasteiger partial charge on any atom is 0.261 e. The summed E-state index contributed by atoms with van der Waals surface area (Å²) in [7, 11) is 0. The number of halogens is 1. The number of amides is 1. The Hall–Kier alpha value is -2.99. The SMILES string of the molecule is O=C(Nc1ccccc1)c1c(CO)c2c(F)cccc2[nH]c1=O. The van der Waals surface area contributed by atoms with Crippen LogP contribution in [0.2, 0.25) is 0 Å². The molecule has 1 amide bonds. The van der Waals surface area contributed by atoms with Gasteiger partial charge in [-0.3, -0.25) is 9.59 Å². The highest BCUT2D eigenvalue weighted by molar-refractivity contribution is 6.07. The minimum Gasteiger partial charge on any atom is -0.392 e. The van der Waals surface area contributed by atoms with Crippen LogP contribution in [-0.2, 0) is 6.61 Å². The molecule has 1 heterocycles. The molecule has 0 unspecified atom stereocenters. The third-order valence-corrected chi connectivity index (χ3v) is 3.51. The number of carbonyl (C=O) groups excluding carboxylic acids is 1. The summed E-state index contributed by atoms with van der Waals surface area (Å²) >= 11 is 0. The Labute approximate surface area is 130 Å². The Morgan fingerprint density at radius 1 is 1.13 bits per heavy atom. The first-order chi connectivity index (χ1) is 11.1. The van der Waals surface area contributed by atoms with Crippen molar-refractivity contribution >= 4 is 22.5 Å². The number of aliphatic hydroxyl groups excluding tert-OH is 1. The van der Waals surface area contributed by atoms with Gasteiger partial charge in [0.15, 0.2) is 0 Å². The summed E-state index contributed by atoms with van der Waals surface area (Å²) in [4.78, 5) is 27.1. The van der Waals surface area contributed by atoms with Crippen molar-refractivity contribution in [1.82, 2.24) is 4.98 Å². The predicted octanol–water partition coefficient (Wildman–Crippen LogP) is 2.41. The summed E-state index contributed by atoms with van der Waals surface area (Å²) in [5.74, 6) is -1.32. The summed E-state index contributed by atoms with van der Waals surface area (Å²) in [6.45, 7) is -0.626. The van der Waals surface area contributed by atoms with Crippen molar-refractivity contribution in [3.8, 4) is 0 Å². The molecule has 6 heteroatoms. The summed E-state index contributed by atoms with van der Waals surface area (Å²) in [6, 6.07) is 12.7. The molecule has 0 bridgehead atoms. The van der Waals surface area contributed by atoms with Crippen LogP contribution in [0, 0.1) is 5.82 Å². The van der Waals surface area contributed by atoms with E-state index in [4.69, 9.17) is 0 Å². The maximum atomic E-state index is 14.1. The lowest BCUT2D eigenvalue weighted by Gasteiger charge is -2.11. The molecule has 5 nitrogen and oxygen atoms in total. The lowest BCUT2D eigenvalue weighted by Crippen LogP contribution is -2.26. The zero-order valence-corrected chi connectivity index (χ0v) is 12.0. The van der Waals surface area contributed by atoms with Crippen molar-refractivity contribution in [3.05, 3.63) is 75.8 Å². The minimum atomic E-state index is -0.702. The lowest BCUT2D eigenvalue weighted by molar-refractivity contribution is 0.102. The molecule has 0 atom stereocenters. The van der Waals surface area contributed by atoms with Crippen LogP contribution in [0.25, 0.3) is 10.9 Å².